The number of carbonyl (C=O) groups excluding carboxylic acids is 2. The number of rotatable bonds is 3. The maximum Gasteiger partial charge on any atom is 0.234 e. The third-order valence-corrected chi connectivity index (χ3v) is 3.33. The number of benzene rings is 1. The Morgan fingerprint density at radius 1 is 1.17 bits per heavy atom. The quantitative estimate of drug-likeness (QED) is 0.831. The first-order valence-corrected chi connectivity index (χ1v) is 6.19. The molecule has 0 spiro atoms. The van der Waals surface area contributed by atoms with Gasteiger partial charge in [-0.15, -0.1) is 0 Å². The van der Waals surface area contributed by atoms with Crippen molar-refractivity contribution < 1.29 is 14.7 Å². The summed E-state index contributed by atoms with van der Waals surface area (Å²) in [5.74, 6) is -1.15. The number of unbranched alkanes of at least 4 members (excludes halogenated alkanes) is 1. The van der Waals surface area contributed by atoms with E-state index in [1.54, 1.807) is 6.07 Å². The van der Waals surface area contributed by atoms with Gasteiger partial charge in [0.15, 0.2) is 0 Å². The highest BCUT2D eigenvalue weighted by Crippen LogP contribution is 2.30. The molecule has 0 saturated heterocycles. The number of aliphatic hydroxyl groups is 1. The molecule has 0 aliphatic heterocycles. The number of Topliss-reactive ketones (excluding diaryl/α,β-unsaturated/α-hetero) is 2. The molecule has 0 fully saturated rings. The first-order valence-electron chi connectivity index (χ1n) is 6.19. The summed E-state index contributed by atoms with van der Waals surface area (Å²) in [5.41, 5.74) is 1.87. The molecule has 94 valence electrons. The zero-order chi connectivity index (χ0) is 13.3. The van der Waals surface area contributed by atoms with Crippen molar-refractivity contribution >= 4 is 17.3 Å². The fraction of sp³-hybridized carbons (Fsp3) is 0.333. The second-order valence-electron chi connectivity index (χ2n) is 4.58. The molecule has 0 atom stereocenters. The molecule has 0 amide bonds. The van der Waals surface area contributed by atoms with Crippen LogP contribution in [0.15, 0.2) is 23.8 Å². The van der Waals surface area contributed by atoms with Crippen LogP contribution in [0.2, 0.25) is 0 Å². The molecule has 0 radical (unpaired) electrons. The SMILES string of the molecule is CCCCc1cccc2c1C(=O)C(=O)C(C)=C2O. The minimum absolute atomic E-state index is 0.0621. The number of hydrogen-bond donors (Lipinski definition) is 1. The predicted molar refractivity (Wildman–Crippen MR) is 69.6 cm³/mol. The van der Waals surface area contributed by atoms with Crippen LogP contribution in [0.25, 0.3) is 5.76 Å². The molecule has 0 heterocycles. The Morgan fingerprint density at radius 2 is 1.89 bits per heavy atom. The maximum atomic E-state index is 12.1. The van der Waals surface area contributed by atoms with Crippen molar-refractivity contribution in [2.45, 2.75) is 33.1 Å². The van der Waals surface area contributed by atoms with Crippen LogP contribution in [0.5, 0.6) is 0 Å². The Kier molecular flexibility index (Phi) is 3.32. The van der Waals surface area contributed by atoms with Crippen molar-refractivity contribution in [2.75, 3.05) is 0 Å². The van der Waals surface area contributed by atoms with Gasteiger partial charge in [-0.3, -0.25) is 9.59 Å². The molecule has 2 rings (SSSR count). The molecule has 0 bridgehead atoms. The van der Waals surface area contributed by atoms with Crippen molar-refractivity contribution in [3.05, 3.63) is 40.5 Å². The summed E-state index contributed by atoms with van der Waals surface area (Å²) in [6, 6.07) is 5.36. The Labute approximate surface area is 106 Å². The van der Waals surface area contributed by atoms with E-state index in [1.165, 1.54) is 6.92 Å². The molecule has 1 aliphatic rings. The van der Waals surface area contributed by atoms with Crippen molar-refractivity contribution in [1.82, 2.24) is 0 Å². The molecular weight excluding hydrogens is 228 g/mol. The number of aryl methyl sites for hydroxylation is 1. The van der Waals surface area contributed by atoms with Gasteiger partial charge >= 0.3 is 0 Å². The lowest BCUT2D eigenvalue weighted by Gasteiger charge is -2.18. The lowest BCUT2D eigenvalue weighted by atomic mass is 9.85. The number of fused-ring (bicyclic) bond motifs is 1. The molecular formula is C15H16O3. The molecule has 18 heavy (non-hydrogen) atoms. The summed E-state index contributed by atoms with van der Waals surface area (Å²) in [5, 5.41) is 9.97. The molecule has 1 aliphatic carbocycles. The first-order chi connectivity index (χ1) is 8.57. The van der Waals surface area contributed by atoms with Crippen LogP contribution in [-0.2, 0) is 11.2 Å². The lowest BCUT2D eigenvalue weighted by Crippen LogP contribution is -2.24. The maximum absolute atomic E-state index is 12.1. The summed E-state index contributed by atoms with van der Waals surface area (Å²) in [7, 11) is 0. The fourth-order valence-electron chi connectivity index (χ4n) is 2.23. The Bertz CT molecular complexity index is 553. The smallest absolute Gasteiger partial charge is 0.234 e. The van der Waals surface area contributed by atoms with Crippen LogP contribution < -0.4 is 0 Å². The van der Waals surface area contributed by atoms with Crippen LogP contribution in [0.1, 0.15) is 48.2 Å². The number of ketones is 2. The number of hydrogen-bond acceptors (Lipinski definition) is 3. The van der Waals surface area contributed by atoms with Gasteiger partial charge in [0, 0.05) is 16.7 Å². The van der Waals surface area contributed by atoms with E-state index < -0.39 is 11.6 Å². The molecule has 3 heteroatoms. The van der Waals surface area contributed by atoms with Gasteiger partial charge in [0.25, 0.3) is 0 Å². The van der Waals surface area contributed by atoms with Crippen LogP contribution in [0, 0.1) is 0 Å². The van der Waals surface area contributed by atoms with Crippen molar-refractivity contribution in [3.63, 3.8) is 0 Å². The lowest BCUT2D eigenvalue weighted by molar-refractivity contribution is -0.111. The fourth-order valence-corrected chi connectivity index (χ4v) is 2.23. The van der Waals surface area contributed by atoms with Gasteiger partial charge in [-0.2, -0.15) is 0 Å². The highest BCUT2D eigenvalue weighted by atomic mass is 16.3. The summed E-state index contributed by atoms with van der Waals surface area (Å²) >= 11 is 0. The van der Waals surface area contributed by atoms with Gasteiger partial charge in [-0.05, 0) is 25.3 Å². The second kappa shape index (κ2) is 4.77. The molecule has 0 aromatic heterocycles. The molecule has 3 nitrogen and oxygen atoms in total. The third-order valence-electron chi connectivity index (χ3n) is 3.33. The summed E-state index contributed by atoms with van der Waals surface area (Å²) in [6.07, 6.45) is 2.74. The van der Waals surface area contributed by atoms with Crippen LogP contribution >= 0.6 is 0 Å². The average molecular weight is 244 g/mol. The van der Waals surface area contributed by atoms with E-state index in [2.05, 4.69) is 6.92 Å². The van der Waals surface area contributed by atoms with Crippen molar-refractivity contribution in [2.24, 2.45) is 0 Å². The third kappa shape index (κ3) is 1.86. The van der Waals surface area contributed by atoms with E-state index in [1.807, 2.05) is 12.1 Å². The van der Waals surface area contributed by atoms with E-state index in [4.69, 9.17) is 0 Å². The summed E-state index contributed by atoms with van der Waals surface area (Å²) in [6.45, 7) is 3.56. The largest absolute Gasteiger partial charge is 0.507 e. The minimum atomic E-state index is -0.594. The van der Waals surface area contributed by atoms with Gasteiger partial charge in [0.05, 0.1) is 0 Å². The summed E-state index contributed by atoms with van der Waals surface area (Å²) < 4.78 is 0. The van der Waals surface area contributed by atoms with E-state index in [0.717, 1.165) is 24.8 Å². The van der Waals surface area contributed by atoms with Gasteiger partial charge < -0.3 is 5.11 Å². The monoisotopic (exact) mass is 244 g/mol. The van der Waals surface area contributed by atoms with Crippen LogP contribution in [0.4, 0.5) is 0 Å². The molecule has 0 unspecified atom stereocenters. The van der Waals surface area contributed by atoms with Crippen LogP contribution in [0.3, 0.4) is 0 Å². The van der Waals surface area contributed by atoms with E-state index >= 15 is 0 Å². The van der Waals surface area contributed by atoms with Crippen molar-refractivity contribution in [3.8, 4) is 0 Å². The first kappa shape index (κ1) is 12.6. The Balaban J connectivity index is 2.59. The minimum Gasteiger partial charge on any atom is -0.507 e. The number of aliphatic hydroxyl groups excluding tert-OH is 1. The highest BCUT2D eigenvalue weighted by molar-refractivity contribution is 6.52. The van der Waals surface area contributed by atoms with Gasteiger partial charge in [-0.25, -0.2) is 0 Å². The molecule has 1 N–H and O–H groups in total. The van der Waals surface area contributed by atoms with E-state index in [0.29, 0.717) is 11.1 Å². The van der Waals surface area contributed by atoms with E-state index in [9.17, 15) is 14.7 Å². The standard InChI is InChI=1S/C15H16O3/c1-3-4-6-10-7-5-8-11-12(10)15(18)14(17)9(2)13(11)16/h5,7-8,16H,3-4,6H2,1-2H3. The average Bonchev–Trinajstić information content (AvgIpc) is 2.40. The topological polar surface area (TPSA) is 54.4 Å². The van der Waals surface area contributed by atoms with Gasteiger partial charge in [0.1, 0.15) is 5.76 Å². The van der Waals surface area contributed by atoms with Crippen molar-refractivity contribution in [1.29, 1.82) is 0 Å². The predicted octanol–water partition coefficient (Wildman–Crippen LogP) is 3.08. The van der Waals surface area contributed by atoms with E-state index in [-0.39, 0.29) is 11.3 Å². The normalized spacial score (nSPS) is 15.0. The zero-order valence-corrected chi connectivity index (χ0v) is 10.6. The number of allylic oxidation sites excluding steroid dienone is 1. The molecule has 0 saturated carbocycles. The highest BCUT2D eigenvalue weighted by Gasteiger charge is 2.31. The Morgan fingerprint density at radius 3 is 2.56 bits per heavy atom. The Hall–Kier alpha value is -1.90. The van der Waals surface area contributed by atoms with Gasteiger partial charge in [0.2, 0.25) is 11.6 Å². The van der Waals surface area contributed by atoms with Gasteiger partial charge in [-0.1, -0.05) is 31.5 Å². The van der Waals surface area contributed by atoms with Crippen LogP contribution in [-0.4, -0.2) is 16.7 Å². The molecule has 1 aromatic rings. The second-order valence-corrected chi connectivity index (χ2v) is 4.58. The number of carbonyl (C=O) groups is 2. The molecule has 1 aromatic carbocycles. The summed E-state index contributed by atoms with van der Waals surface area (Å²) in [4.78, 5) is 23.8. The zero-order valence-electron chi connectivity index (χ0n) is 10.6.